The lowest BCUT2D eigenvalue weighted by Gasteiger charge is -2.26. The standard InChI is InChI=1S/C23H32N4O4/c1-17-21(9-10-22(28)30-3)18(2)27(25-17)20-7-5-19(6-8-20)23(29)24-11-4-12-26-13-15-31-16-14-26/h5-8H,4,9-16H2,1-3H3,(H,24,29). The van der Waals surface area contributed by atoms with Crippen molar-refractivity contribution in [2.45, 2.75) is 33.1 Å². The van der Waals surface area contributed by atoms with Gasteiger partial charge in [0, 0.05) is 37.3 Å². The summed E-state index contributed by atoms with van der Waals surface area (Å²) in [4.78, 5) is 26.3. The molecule has 1 aliphatic heterocycles. The van der Waals surface area contributed by atoms with E-state index in [4.69, 9.17) is 9.47 Å². The second kappa shape index (κ2) is 11.1. The molecule has 0 bridgehead atoms. The third-order valence-corrected chi connectivity index (χ3v) is 5.66. The van der Waals surface area contributed by atoms with Crippen LogP contribution in [0.3, 0.4) is 0 Å². The van der Waals surface area contributed by atoms with Crippen molar-refractivity contribution < 1.29 is 19.1 Å². The Balaban J connectivity index is 1.54. The Hall–Kier alpha value is -2.71. The molecule has 1 aromatic heterocycles. The van der Waals surface area contributed by atoms with Crippen molar-refractivity contribution in [2.75, 3.05) is 46.5 Å². The molecule has 1 aliphatic rings. The summed E-state index contributed by atoms with van der Waals surface area (Å²) in [6, 6.07) is 7.42. The third kappa shape index (κ3) is 6.15. The van der Waals surface area contributed by atoms with Crippen LogP contribution < -0.4 is 5.32 Å². The van der Waals surface area contributed by atoms with Gasteiger partial charge in [0.2, 0.25) is 0 Å². The number of ether oxygens (including phenoxy) is 2. The number of hydrogen-bond donors (Lipinski definition) is 1. The van der Waals surface area contributed by atoms with Crippen LogP contribution in [0.4, 0.5) is 0 Å². The molecular formula is C23H32N4O4. The smallest absolute Gasteiger partial charge is 0.305 e. The highest BCUT2D eigenvalue weighted by atomic mass is 16.5. The molecule has 0 radical (unpaired) electrons. The lowest BCUT2D eigenvalue weighted by molar-refractivity contribution is -0.140. The van der Waals surface area contributed by atoms with Crippen molar-refractivity contribution in [1.82, 2.24) is 20.0 Å². The molecule has 0 spiro atoms. The summed E-state index contributed by atoms with van der Waals surface area (Å²) in [6.07, 6.45) is 1.84. The largest absolute Gasteiger partial charge is 0.469 e. The summed E-state index contributed by atoms with van der Waals surface area (Å²) in [5.74, 6) is -0.299. The van der Waals surface area contributed by atoms with Crippen LogP contribution in [0, 0.1) is 13.8 Å². The molecule has 168 valence electrons. The fourth-order valence-corrected chi connectivity index (χ4v) is 3.80. The van der Waals surface area contributed by atoms with E-state index in [9.17, 15) is 9.59 Å². The van der Waals surface area contributed by atoms with Crippen molar-refractivity contribution in [3.8, 4) is 5.69 Å². The Morgan fingerprint density at radius 1 is 1.16 bits per heavy atom. The van der Waals surface area contributed by atoms with Gasteiger partial charge in [-0.1, -0.05) is 0 Å². The number of morpholine rings is 1. The first-order chi connectivity index (χ1) is 15.0. The lowest BCUT2D eigenvalue weighted by Crippen LogP contribution is -2.38. The number of aryl methyl sites for hydroxylation is 1. The molecule has 2 aromatic rings. The number of nitrogens with one attached hydrogen (secondary N) is 1. The van der Waals surface area contributed by atoms with Crippen molar-refractivity contribution in [3.63, 3.8) is 0 Å². The van der Waals surface area contributed by atoms with Gasteiger partial charge in [0.1, 0.15) is 0 Å². The molecule has 0 saturated carbocycles. The Bertz CT molecular complexity index is 886. The van der Waals surface area contributed by atoms with Gasteiger partial charge in [-0.05, 0) is 63.1 Å². The molecule has 3 rings (SSSR count). The minimum absolute atomic E-state index is 0.0688. The van der Waals surface area contributed by atoms with Crippen LogP contribution in [0.2, 0.25) is 0 Å². The van der Waals surface area contributed by atoms with Crippen molar-refractivity contribution in [3.05, 3.63) is 46.8 Å². The second-order valence-corrected chi connectivity index (χ2v) is 7.75. The van der Waals surface area contributed by atoms with Gasteiger partial charge in [-0.2, -0.15) is 5.10 Å². The number of carbonyl (C=O) groups is 2. The maximum atomic E-state index is 12.4. The molecule has 1 aromatic carbocycles. The molecule has 8 heteroatoms. The van der Waals surface area contributed by atoms with Crippen molar-refractivity contribution >= 4 is 11.9 Å². The maximum Gasteiger partial charge on any atom is 0.305 e. The van der Waals surface area contributed by atoms with E-state index in [0.717, 1.165) is 61.9 Å². The molecule has 2 heterocycles. The van der Waals surface area contributed by atoms with Crippen molar-refractivity contribution in [1.29, 1.82) is 0 Å². The van der Waals surface area contributed by atoms with Crippen LogP contribution in [-0.2, 0) is 20.7 Å². The number of aromatic nitrogens is 2. The third-order valence-electron chi connectivity index (χ3n) is 5.66. The van der Waals surface area contributed by atoms with Crippen LogP contribution in [0.1, 0.15) is 40.2 Å². The average Bonchev–Trinajstić information content (AvgIpc) is 3.08. The zero-order valence-electron chi connectivity index (χ0n) is 18.6. The van der Waals surface area contributed by atoms with E-state index in [2.05, 4.69) is 15.3 Å². The monoisotopic (exact) mass is 428 g/mol. The Morgan fingerprint density at radius 2 is 1.87 bits per heavy atom. The highest BCUT2D eigenvalue weighted by Gasteiger charge is 2.15. The zero-order chi connectivity index (χ0) is 22.2. The lowest BCUT2D eigenvalue weighted by atomic mass is 10.1. The highest BCUT2D eigenvalue weighted by Crippen LogP contribution is 2.20. The number of nitrogens with zero attached hydrogens (tertiary/aromatic N) is 3. The molecule has 8 nitrogen and oxygen atoms in total. The first-order valence-electron chi connectivity index (χ1n) is 10.8. The average molecular weight is 429 g/mol. The van der Waals surface area contributed by atoms with E-state index in [0.29, 0.717) is 24.9 Å². The number of benzene rings is 1. The van der Waals surface area contributed by atoms with Crippen LogP contribution in [0.5, 0.6) is 0 Å². The predicted molar refractivity (Wildman–Crippen MR) is 118 cm³/mol. The minimum Gasteiger partial charge on any atom is -0.469 e. The van der Waals surface area contributed by atoms with Crippen LogP contribution in [-0.4, -0.2) is 73.1 Å². The van der Waals surface area contributed by atoms with Crippen molar-refractivity contribution in [2.24, 2.45) is 0 Å². The number of rotatable bonds is 9. The first-order valence-corrected chi connectivity index (χ1v) is 10.8. The topological polar surface area (TPSA) is 85.7 Å². The number of esters is 1. The summed E-state index contributed by atoms with van der Waals surface area (Å²) in [6.45, 7) is 9.06. The fraction of sp³-hybridized carbons (Fsp3) is 0.522. The number of methoxy groups -OCH3 is 1. The molecular weight excluding hydrogens is 396 g/mol. The van der Waals surface area contributed by atoms with E-state index in [1.165, 1.54) is 7.11 Å². The number of hydrogen-bond acceptors (Lipinski definition) is 6. The van der Waals surface area contributed by atoms with Gasteiger partial charge >= 0.3 is 5.97 Å². The second-order valence-electron chi connectivity index (χ2n) is 7.75. The van der Waals surface area contributed by atoms with Crippen LogP contribution in [0.25, 0.3) is 5.69 Å². The Morgan fingerprint density at radius 3 is 2.55 bits per heavy atom. The molecule has 0 unspecified atom stereocenters. The summed E-state index contributed by atoms with van der Waals surface area (Å²) in [5.41, 5.74) is 4.44. The molecule has 1 N–H and O–H groups in total. The Kier molecular flexibility index (Phi) is 8.20. The van der Waals surface area contributed by atoms with Crippen LogP contribution >= 0.6 is 0 Å². The summed E-state index contributed by atoms with van der Waals surface area (Å²) < 4.78 is 11.9. The van der Waals surface area contributed by atoms with Gasteiger partial charge in [-0.15, -0.1) is 0 Å². The molecule has 1 amide bonds. The fourth-order valence-electron chi connectivity index (χ4n) is 3.80. The van der Waals surface area contributed by atoms with Gasteiger partial charge in [0.25, 0.3) is 5.91 Å². The predicted octanol–water partition coefficient (Wildman–Crippen LogP) is 2.05. The van der Waals surface area contributed by atoms with E-state index in [-0.39, 0.29) is 11.9 Å². The van der Waals surface area contributed by atoms with E-state index in [1.807, 2.05) is 42.8 Å². The maximum absolute atomic E-state index is 12.4. The normalized spacial score (nSPS) is 14.4. The number of amides is 1. The highest BCUT2D eigenvalue weighted by molar-refractivity contribution is 5.94. The van der Waals surface area contributed by atoms with Crippen LogP contribution in [0.15, 0.2) is 24.3 Å². The van der Waals surface area contributed by atoms with E-state index >= 15 is 0 Å². The van der Waals surface area contributed by atoms with Gasteiger partial charge < -0.3 is 14.8 Å². The molecule has 0 aliphatic carbocycles. The summed E-state index contributed by atoms with van der Waals surface area (Å²) >= 11 is 0. The molecule has 1 fully saturated rings. The van der Waals surface area contributed by atoms with Gasteiger partial charge in [-0.3, -0.25) is 14.5 Å². The Labute approximate surface area is 183 Å². The quantitative estimate of drug-likeness (QED) is 0.486. The molecule has 0 atom stereocenters. The van der Waals surface area contributed by atoms with Gasteiger partial charge in [0.05, 0.1) is 31.7 Å². The zero-order valence-corrected chi connectivity index (χ0v) is 18.6. The van der Waals surface area contributed by atoms with Gasteiger partial charge in [-0.25, -0.2) is 4.68 Å². The minimum atomic E-state index is -0.230. The SMILES string of the molecule is COC(=O)CCc1c(C)nn(-c2ccc(C(=O)NCCCN3CCOCC3)cc2)c1C. The van der Waals surface area contributed by atoms with E-state index < -0.39 is 0 Å². The summed E-state index contributed by atoms with van der Waals surface area (Å²) in [7, 11) is 1.40. The van der Waals surface area contributed by atoms with E-state index in [1.54, 1.807) is 0 Å². The molecule has 1 saturated heterocycles. The molecule has 31 heavy (non-hydrogen) atoms. The van der Waals surface area contributed by atoms with Gasteiger partial charge in [0.15, 0.2) is 0 Å². The number of carbonyl (C=O) groups excluding carboxylic acids is 2. The first kappa shape index (κ1) is 23.0. The summed E-state index contributed by atoms with van der Waals surface area (Å²) in [5, 5.41) is 7.61.